The van der Waals surface area contributed by atoms with Crippen LogP contribution in [0.15, 0.2) is 46.2 Å². The van der Waals surface area contributed by atoms with Crippen LogP contribution in [0.25, 0.3) is 0 Å². The molecule has 1 aliphatic heterocycles. The molecule has 0 aromatic heterocycles. The van der Waals surface area contributed by atoms with Crippen molar-refractivity contribution in [2.45, 2.75) is 9.79 Å². The molecule has 1 N–H and O–H groups in total. The summed E-state index contributed by atoms with van der Waals surface area (Å²) < 4.78 is 51.7. The van der Waals surface area contributed by atoms with Crippen LogP contribution in [-0.2, 0) is 10.0 Å². The van der Waals surface area contributed by atoms with Gasteiger partial charge in [0.2, 0.25) is 0 Å². The van der Waals surface area contributed by atoms with Crippen molar-refractivity contribution in [3.63, 3.8) is 0 Å². The van der Waals surface area contributed by atoms with E-state index in [1.165, 1.54) is 30.3 Å². The van der Waals surface area contributed by atoms with E-state index in [-0.39, 0.29) is 10.6 Å². The summed E-state index contributed by atoms with van der Waals surface area (Å²) in [6.45, 7) is 0.728. The van der Waals surface area contributed by atoms with E-state index in [9.17, 15) is 12.8 Å². The molecule has 2 aromatic carbocycles. The van der Waals surface area contributed by atoms with Crippen LogP contribution >= 0.6 is 11.8 Å². The quantitative estimate of drug-likeness (QED) is 0.661. The van der Waals surface area contributed by atoms with Gasteiger partial charge < -0.3 is 9.47 Å². The van der Waals surface area contributed by atoms with E-state index in [0.717, 1.165) is 17.8 Å². The van der Waals surface area contributed by atoms with Gasteiger partial charge in [0.25, 0.3) is 10.0 Å². The largest absolute Gasteiger partial charge is 0.486 e. The van der Waals surface area contributed by atoms with E-state index >= 15 is 0 Å². The number of hydrogen-bond acceptors (Lipinski definition) is 6. The van der Waals surface area contributed by atoms with Crippen molar-refractivity contribution in [3.05, 3.63) is 42.2 Å². The molecular formula is C15H11FN2O4S2. The Bertz CT molecular complexity index is 926. The normalized spacial score (nSPS) is 13.2. The van der Waals surface area contributed by atoms with Crippen LogP contribution in [0.1, 0.15) is 0 Å². The molecule has 1 aliphatic rings. The fraction of sp³-hybridized carbons (Fsp3) is 0.133. The third-order valence-corrected chi connectivity index (χ3v) is 5.12. The van der Waals surface area contributed by atoms with Crippen LogP contribution in [0.5, 0.6) is 11.5 Å². The van der Waals surface area contributed by atoms with Crippen molar-refractivity contribution in [3.8, 4) is 16.9 Å². The third kappa shape index (κ3) is 3.39. The Labute approximate surface area is 142 Å². The second-order valence-electron chi connectivity index (χ2n) is 4.75. The maximum absolute atomic E-state index is 14.0. The number of ether oxygens (including phenoxy) is 2. The molecule has 0 fully saturated rings. The average molecular weight is 366 g/mol. The zero-order chi connectivity index (χ0) is 17.2. The number of fused-ring (bicyclic) bond motifs is 1. The highest BCUT2D eigenvalue weighted by Gasteiger charge is 2.20. The number of benzene rings is 2. The number of anilines is 1. The number of rotatable bonds is 4. The molecular weight excluding hydrogens is 355 g/mol. The fourth-order valence-electron chi connectivity index (χ4n) is 2.09. The first-order valence-corrected chi connectivity index (χ1v) is 9.07. The number of sulfonamides is 1. The van der Waals surface area contributed by atoms with Crippen LogP contribution < -0.4 is 14.2 Å². The zero-order valence-electron chi connectivity index (χ0n) is 12.2. The highest BCUT2D eigenvalue weighted by Crippen LogP contribution is 2.33. The first-order chi connectivity index (χ1) is 11.5. The molecule has 2 aromatic rings. The average Bonchev–Trinajstić information content (AvgIpc) is 2.57. The van der Waals surface area contributed by atoms with Crippen LogP contribution in [0.4, 0.5) is 10.1 Å². The smallest absolute Gasteiger partial charge is 0.262 e. The Kier molecular flexibility index (Phi) is 4.51. The van der Waals surface area contributed by atoms with Crippen molar-refractivity contribution < 1.29 is 22.3 Å². The minimum absolute atomic E-state index is 0.0679. The first-order valence-electron chi connectivity index (χ1n) is 6.77. The predicted octanol–water partition coefficient (Wildman–Crippen LogP) is 2.97. The summed E-state index contributed by atoms with van der Waals surface area (Å²) in [6, 6.07) is 7.99. The highest BCUT2D eigenvalue weighted by molar-refractivity contribution is 8.03. The third-order valence-electron chi connectivity index (χ3n) is 3.17. The molecule has 1 heterocycles. The lowest BCUT2D eigenvalue weighted by atomic mass is 10.3. The molecule has 0 unspecified atom stereocenters. The minimum Gasteiger partial charge on any atom is -0.486 e. The summed E-state index contributed by atoms with van der Waals surface area (Å²) in [5.41, 5.74) is -0.202. The Morgan fingerprint density at radius 2 is 1.88 bits per heavy atom. The first kappa shape index (κ1) is 16.4. The van der Waals surface area contributed by atoms with E-state index in [1.807, 2.05) is 5.40 Å². The summed E-state index contributed by atoms with van der Waals surface area (Å²) >= 11 is 0.786. The van der Waals surface area contributed by atoms with E-state index in [0.29, 0.717) is 29.6 Å². The zero-order valence-corrected chi connectivity index (χ0v) is 13.8. The maximum atomic E-state index is 14.0. The molecule has 124 valence electrons. The van der Waals surface area contributed by atoms with Gasteiger partial charge in [-0.2, -0.15) is 5.26 Å². The predicted molar refractivity (Wildman–Crippen MR) is 86.1 cm³/mol. The van der Waals surface area contributed by atoms with E-state index in [2.05, 4.69) is 4.72 Å². The Morgan fingerprint density at radius 1 is 1.12 bits per heavy atom. The maximum Gasteiger partial charge on any atom is 0.262 e. The lowest BCUT2D eigenvalue weighted by Crippen LogP contribution is -2.17. The summed E-state index contributed by atoms with van der Waals surface area (Å²) in [7, 11) is -3.99. The summed E-state index contributed by atoms with van der Waals surface area (Å²) in [6.07, 6.45) is 0. The number of halogens is 1. The van der Waals surface area contributed by atoms with Crippen LogP contribution in [0.3, 0.4) is 0 Å². The molecule has 0 saturated carbocycles. The number of thiocyanates is 1. The van der Waals surface area contributed by atoms with Crippen LogP contribution in [0.2, 0.25) is 0 Å². The van der Waals surface area contributed by atoms with Crippen LogP contribution in [0, 0.1) is 16.5 Å². The molecule has 0 aliphatic carbocycles. The summed E-state index contributed by atoms with van der Waals surface area (Å²) in [5.74, 6) is 0.0194. The van der Waals surface area contributed by atoms with Gasteiger partial charge in [-0.3, -0.25) is 4.72 Å². The molecule has 0 atom stereocenters. The number of nitrogens with one attached hydrogen (secondary N) is 1. The van der Waals surface area contributed by atoms with Gasteiger partial charge >= 0.3 is 0 Å². The molecule has 0 amide bonds. The van der Waals surface area contributed by atoms with Gasteiger partial charge in [0, 0.05) is 11.0 Å². The highest BCUT2D eigenvalue weighted by atomic mass is 32.2. The fourth-order valence-corrected chi connectivity index (χ4v) is 3.58. The molecule has 24 heavy (non-hydrogen) atoms. The molecule has 0 spiro atoms. The number of nitriles is 1. The molecule has 6 nitrogen and oxygen atoms in total. The van der Waals surface area contributed by atoms with Gasteiger partial charge in [-0.05, 0) is 42.1 Å². The second kappa shape index (κ2) is 6.59. The van der Waals surface area contributed by atoms with Crippen molar-refractivity contribution in [2.75, 3.05) is 17.9 Å². The molecule has 0 bridgehead atoms. The van der Waals surface area contributed by atoms with Gasteiger partial charge in [0.05, 0.1) is 10.6 Å². The van der Waals surface area contributed by atoms with E-state index in [1.54, 1.807) is 0 Å². The summed E-state index contributed by atoms with van der Waals surface area (Å²) in [4.78, 5) is 0.318. The lowest BCUT2D eigenvalue weighted by molar-refractivity contribution is 0.171. The van der Waals surface area contributed by atoms with E-state index in [4.69, 9.17) is 14.7 Å². The number of hydrogen-bond donors (Lipinski definition) is 1. The second-order valence-corrected chi connectivity index (χ2v) is 7.29. The Morgan fingerprint density at radius 3 is 2.58 bits per heavy atom. The molecule has 9 heteroatoms. The molecule has 3 rings (SSSR count). The van der Waals surface area contributed by atoms with Crippen LogP contribution in [-0.4, -0.2) is 21.6 Å². The van der Waals surface area contributed by atoms with Crippen molar-refractivity contribution in [1.29, 1.82) is 5.26 Å². The topological polar surface area (TPSA) is 88.4 Å². The summed E-state index contributed by atoms with van der Waals surface area (Å²) in [5, 5.41) is 10.4. The van der Waals surface area contributed by atoms with Crippen molar-refractivity contribution in [1.82, 2.24) is 0 Å². The minimum atomic E-state index is -3.99. The molecule has 0 radical (unpaired) electrons. The molecule has 0 saturated heterocycles. The SMILES string of the molecule is N#CSc1ccc(NS(=O)(=O)c2ccc3c(c2)OCCO3)c(F)c1. The Hall–Kier alpha value is -2.44. The lowest BCUT2D eigenvalue weighted by Gasteiger charge is -2.19. The Balaban J connectivity index is 1.88. The van der Waals surface area contributed by atoms with E-state index < -0.39 is 15.8 Å². The van der Waals surface area contributed by atoms with Crippen molar-refractivity contribution in [2.24, 2.45) is 0 Å². The standard InChI is InChI=1S/C15H11FN2O4S2/c16-12-7-10(23-9-17)1-3-13(12)18-24(19,20)11-2-4-14-15(8-11)22-6-5-21-14/h1-4,7-8,18H,5-6H2. The van der Waals surface area contributed by atoms with Gasteiger partial charge in [0.15, 0.2) is 11.5 Å². The number of thioether (sulfide) groups is 1. The van der Waals surface area contributed by atoms with Gasteiger partial charge in [0.1, 0.15) is 24.4 Å². The monoisotopic (exact) mass is 366 g/mol. The van der Waals surface area contributed by atoms with Gasteiger partial charge in [-0.25, -0.2) is 12.8 Å². The van der Waals surface area contributed by atoms with Gasteiger partial charge in [-0.1, -0.05) is 0 Å². The number of nitrogens with zero attached hydrogens (tertiary/aromatic N) is 1. The van der Waals surface area contributed by atoms with Gasteiger partial charge in [-0.15, -0.1) is 0 Å². The van der Waals surface area contributed by atoms with Crippen molar-refractivity contribution >= 4 is 27.5 Å².